The van der Waals surface area contributed by atoms with Crippen LogP contribution in [0.25, 0.3) is 0 Å². The van der Waals surface area contributed by atoms with Gasteiger partial charge < -0.3 is 20.1 Å². The van der Waals surface area contributed by atoms with Crippen LogP contribution in [0.2, 0.25) is 0 Å². The zero-order valence-corrected chi connectivity index (χ0v) is 13.3. The summed E-state index contributed by atoms with van der Waals surface area (Å²) in [6.07, 6.45) is 2.47. The van der Waals surface area contributed by atoms with Crippen LogP contribution in [-0.2, 0) is 4.74 Å². The number of ether oxygens (including phenoxy) is 2. The SMILES string of the molecule is CCOC1CCN(c2ccc(N)c(OCC(C)C)n2)CC1. The number of nitrogen functional groups attached to an aromatic ring is 1. The van der Waals surface area contributed by atoms with Crippen LogP contribution < -0.4 is 15.4 Å². The second-order valence-corrected chi connectivity index (χ2v) is 5.91. The Hall–Kier alpha value is -1.49. The minimum absolute atomic E-state index is 0.386. The van der Waals surface area contributed by atoms with E-state index in [9.17, 15) is 0 Å². The molecule has 118 valence electrons. The lowest BCUT2D eigenvalue weighted by Gasteiger charge is -2.32. The molecule has 0 saturated carbocycles. The summed E-state index contributed by atoms with van der Waals surface area (Å²) in [4.78, 5) is 6.85. The van der Waals surface area contributed by atoms with Crippen LogP contribution in [-0.4, -0.2) is 37.4 Å². The fourth-order valence-corrected chi connectivity index (χ4v) is 2.47. The summed E-state index contributed by atoms with van der Waals surface area (Å²) in [5.74, 6) is 1.95. The lowest BCUT2D eigenvalue weighted by Crippen LogP contribution is -2.37. The fraction of sp³-hybridized carbons (Fsp3) is 0.688. The molecule has 0 amide bonds. The van der Waals surface area contributed by atoms with Crippen molar-refractivity contribution in [3.05, 3.63) is 12.1 Å². The highest BCUT2D eigenvalue weighted by Crippen LogP contribution is 2.26. The maximum atomic E-state index is 5.94. The van der Waals surface area contributed by atoms with Gasteiger partial charge in [-0.15, -0.1) is 0 Å². The summed E-state index contributed by atoms with van der Waals surface area (Å²) in [7, 11) is 0. The smallest absolute Gasteiger partial charge is 0.239 e. The number of piperidine rings is 1. The van der Waals surface area contributed by atoms with Crippen molar-refractivity contribution in [1.29, 1.82) is 0 Å². The van der Waals surface area contributed by atoms with Crippen molar-refractivity contribution in [3.63, 3.8) is 0 Å². The minimum Gasteiger partial charge on any atom is -0.476 e. The molecule has 1 aromatic rings. The Bertz CT molecular complexity index is 443. The van der Waals surface area contributed by atoms with Crippen LogP contribution in [0.15, 0.2) is 12.1 Å². The molecule has 0 spiro atoms. The zero-order valence-electron chi connectivity index (χ0n) is 13.3. The molecule has 1 saturated heterocycles. The molecule has 21 heavy (non-hydrogen) atoms. The molecule has 5 nitrogen and oxygen atoms in total. The average Bonchev–Trinajstić information content (AvgIpc) is 2.47. The molecule has 0 aromatic carbocycles. The summed E-state index contributed by atoms with van der Waals surface area (Å²) < 4.78 is 11.4. The number of rotatable bonds is 6. The van der Waals surface area contributed by atoms with Crippen LogP contribution in [0.5, 0.6) is 5.88 Å². The van der Waals surface area contributed by atoms with Gasteiger partial charge in [0, 0.05) is 19.7 Å². The fourth-order valence-electron chi connectivity index (χ4n) is 2.47. The van der Waals surface area contributed by atoms with E-state index in [1.54, 1.807) is 0 Å². The van der Waals surface area contributed by atoms with Gasteiger partial charge in [-0.2, -0.15) is 4.98 Å². The number of nitrogens with zero attached hydrogens (tertiary/aromatic N) is 2. The zero-order chi connectivity index (χ0) is 15.2. The first-order chi connectivity index (χ1) is 10.1. The van der Waals surface area contributed by atoms with Crippen LogP contribution in [0.1, 0.15) is 33.6 Å². The predicted octanol–water partition coefficient (Wildman–Crippen LogP) is 2.70. The summed E-state index contributed by atoms with van der Waals surface area (Å²) in [6, 6.07) is 3.85. The third kappa shape index (κ3) is 4.49. The maximum absolute atomic E-state index is 5.94. The Morgan fingerprint density at radius 1 is 1.33 bits per heavy atom. The molecule has 1 fully saturated rings. The number of aromatic nitrogens is 1. The number of anilines is 2. The minimum atomic E-state index is 0.386. The van der Waals surface area contributed by atoms with Gasteiger partial charge in [0.2, 0.25) is 5.88 Å². The quantitative estimate of drug-likeness (QED) is 0.874. The van der Waals surface area contributed by atoms with Crippen LogP contribution in [0.4, 0.5) is 11.5 Å². The molecule has 2 N–H and O–H groups in total. The summed E-state index contributed by atoms with van der Waals surface area (Å²) in [5.41, 5.74) is 6.54. The van der Waals surface area contributed by atoms with Gasteiger partial charge >= 0.3 is 0 Å². The molecule has 0 radical (unpaired) electrons. The van der Waals surface area contributed by atoms with Gasteiger partial charge in [-0.25, -0.2) is 0 Å². The molecule has 0 atom stereocenters. The maximum Gasteiger partial charge on any atom is 0.239 e. The van der Waals surface area contributed by atoms with E-state index in [1.807, 2.05) is 19.1 Å². The number of nitrogens with two attached hydrogens (primary N) is 1. The van der Waals surface area contributed by atoms with Crippen molar-refractivity contribution in [2.24, 2.45) is 5.92 Å². The van der Waals surface area contributed by atoms with Crippen molar-refractivity contribution in [2.75, 3.05) is 36.9 Å². The highest BCUT2D eigenvalue weighted by molar-refractivity contribution is 5.54. The molecule has 0 bridgehead atoms. The van der Waals surface area contributed by atoms with E-state index in [-0.39, 0.29) is 0 Å². The van der Waals surface area contributed by atoms with E-state index in [0.717, 1.165) is 38.4 Å². The molecule has 0 unspecified atom stereocenters. The Labute approximate surface area is 127 Å². The number of hydrogen-bond donors (Lipinski definition) is 1. The molecule has 1 aliphatic heterocycles. The topological polar surface area (TPSA) is 60.6 Å². The Balaban J connectivity index is 1.99. The molecule has 1 aliphatic rings. The van der Waals surface area contributed by atoms with Gasteiger partial charge in [0.25, 0.3) is 0 Å². The van der Waals surface area contributed by atoms with E-state index in [2.05, 4.69) is 23.7 Å². The molecule has 2 rings (SSSR count). The second kappa shape index (κ2) is 7.50. The van der Waals surface area contributed by atoms with Gasteiger partial charge in [0.15, 0.2) is 0 Å². The third-order valence-electron chi connectivity index (χ3n) is 3.60. The average molecular weight is 293 g/mol. The molecule has 2 heterocycles. The van der Waals surface area contributed by atoms with Crippen molar-refractivity contribution in [1.82, 2.24) is 4.98 Å². The highest BCUT2D eigenvalue weighted by Gasteiger charge is 2.21. The van der Waals surface area contributed by atoms with Gasteiger partial charge in [-0.1, -0.05) is 13.8 Å². The summed E-state index contributed by atoms with van der Waals surface area (Å²) >= 11 is 0. The standard InChI is InChI=1S/C16H27N3O2/c1-4-20-13-7-9-19(10-8-13)15-6-5-14(17)16(18-15)21-11-12(2)3/h5-6,12-13H,4,7-11,17H2,1-3H3. The highest BCUT2D eigenvalue weighted by atomic mass is 16.5. The van der Waals surface area contributed by atoms with E-state index < -0.39 is 0 Å². The Morgan fingerprint density at radius 2 is 2.05 bits per heavy atom. The molecular formula is C16H27N3O2. The third-order valence-corrected chi connectivity index (χ3v) is 3.60. The van der Waals surface area contributed by atoms with Gasteiger partial charge in [0.1, 0.15) is 5.82 Å². The first-order valence-electron chi connectivity index (χ1n) is 7.86. The Morgan fingerprint density at radius 3 is 2.67 bits per heavy atom. The second-order valence-electron chi connectivity index (χ2n) is 5.91. The lowest BCUT2D eigenvalue weighted by molar-refractivity contribution is 0.0458. The van der Waals surface area contributed by atoms with E-state index >= 15 is 0 Å². The molecule has 0 aliphatic carbocycles. The first-order valence-corrected chi connectivity index (χ1v) is 7.86. The summed E-state index contributed by atoms with van der Waals surface area (Å²) in [5, 5.41) is 0. The van der Waals surface area contributed by atoms with E-state index in [4.69, 9.17) is 15.2 Å². The van der Waals surface area contributed by atoms with Crippen molar-refractivity contribution in [2.45, 2.75) is 39.7 Å². The predicted molar refractivity (Wildman–Crippen MR) is 85.8 cm³/mol. The molecule has 1 aromatic heterocycles. The normalized spacial score (nSPS) is 16.5. The van der Waals surface area contributed by atoms with E-state index in [1.165, 1.54) is 0 Å². The number of pyridine rings is 1. The monoisotopic (exact) mass is 293 g/mol. The van der Waals surface area contributed by atoms with E-state index in [0.29, 0.717) is 30.2 Å². The number of hydrogen-bond acceptors (Lipinski definition) is 5. The lowest BCUT2D eigenvalue weighted by atomic mass is 10.1. The van der Waals surface area contributed by atoms with Crippen LogP contribution in [0, 0.1) is 5.92 Å². The van der Waals surface area contributed by atoms with Crippen LogP contribution in [0.3, 0.4) is 0 Å². The Kier molecular flexibility index (Phi) is 5.67. The molecular weight excluding hydrogens is 266 g/mol. The molecule has 5 heteroatoms. The van der Waals surface area contributed by atoms with Crippen molar-refractivity contribution in [3.8, 4) is 5.88 Å². The van der Waals surface area contributed by atoms with Gasteiger partial charge in [-0.3, -0.25) is 0 Å². The van der Waals surface area contributed by atoms with Crippen molar-refractivity contribution < 1.29 is 9.47 Å². The summed E-state index contributed by atoms with van der Waals surface area (Å²) in [6.45, 7) is 9.62. The van der Waals surface area contributed by atoms with Crippen LogP contribution >= 0.6 is 0 Å². The van der Waals surface area contributed by atoms with Gasteiger partial charge in [0.05, 0.1) is 18.4 Å². The van der Waals surface area contributed by atoms with Gasteiger partial charge in [-0.05, 0) is 37.8 Å². The van der Waals surface area contributed by atoms with Crippen molar-refractivity contribution >= 4 is 11.5 Å². The largest absolute Gasteiger partial charge is 0.476 e. The first kappa shape index (κ1) is 15.9.